The lowest BCUT2D eigenvalue weighted by atomic mass is 9.87. The van der Waals surface area contributed by atoms with Crippen molar-refractivity contribution < 1.29 is 9.90 Å². The number of nitrogens with zero attached hydrogens (tertiary/aromatic N) is 1. The summed E-state index contributed by atoms with van der Waals surface area (Å²) in [5.74, 6) is 0. The highest BCUT2D eigenvalue weighted by Gasteiger charge is 2.21. The number of urea groups is 1. The van der Waals surface area contributed by atoms with E-state index in [1.54, 1.807) is 18.3 Å². The second-order valence-corrected chi connectivity index (χ2v) is 7.92. The fourth-order valence-electron chi connectivity index (χ4n) is 2.59. The van der Waals surface area contributed by atoms with E-state index in [2.05, 4.69) is 15.6 Å². The van der Waals surface area contributed by atoms with Crippen LogP contribution in [-0.2, 0) is 0 Å². The molecule has 1 unspecified atom stereocenters. The molecule has 5 nitrogen and oxygen atoms in total. The maximum absolute atomic E-state index is 12.0. The lowest BCUT2D eigenvalue weighted by molar-refractivity contribution is 0.129. The third-order valence-electron chi connectivity index (χ3n) is 3.63. The molecule has 1 heterocycles. The van der Waals surface area contributed by atoms with E-state index in [0.29, 0.717) is 13.0 Å². The number of aliphatic hydroxyl groups excluding tert-OH is 1. The topological polar surface area (TPSA) is 74.2 Å². The van der Waals surface area contributed by atoms with Crippen LogP contribution in [0.5, 0.6) is 0 Å². The molecule has 0 radical (unpaired) electrons. The van der Waals surface area contributed by atoms with Crippen molar-refractivity contribution in [3.8, 4) is 11.3 Å². The number of nitrogens with one attached hydrogen (secondary N) is 2. The first-order valence-corrected chi connectivity index (χ1v) is 8.89. The Bertz CT molecular complexity index is 678. The highest BCUT2D eigenvalue weighted by Crippen LogP contribution is 2.23. The third-order valence-corrected chi connectivity index (χ3v) is 4.41. The van der Waals surface area contributed by atoms with Gasteiger partial charge in [0.15, 0.2) is 0 Å². The van der Waals surface area contributed by atoms with Gasteiger partial charge in [-0.3, -0.25) is 0 Å². The van der Waals surface area contributed by atoms with E-state index < -0.39 is 0 Å². The summed E-state index contributed by atoms with van der Waals surface area (Å²) in [6, 6.07) is 7.38. The van der Waals surface area contributed by atoms with Gasteiger partial charge in [0.25, 0.3) is 0 Å². The van der Waals surface area contributed by atoms with Crippen molar-refractivity contribution in [2.45, 2.75) is 40.2 Å². The first-order valence-electron chi connectivity index (χ1n) is 8.01. The summed E-state index contributed by atoms with van der Waals surface area (Å²) in [7, 11) is 0. The van der Waals surface area contributed by atoms with Crippen molar-refractivity contribution >= 4 is 23.1 Å². The Morgan fingerprint density at radius 3 is 2.54 bits per heavy atom. The van der Waals surface area contributed by atoms with Gasteiger partial charge in [-0.25, -0.2) is 9.78 Å². The molecule has 24 heavy (non-hydrogen) atoms. The lowest BCUT2D eigenvalue weighted by Crippen LogP contribution is -2.38. The molecule has 0 aliphatic heterocycles. The summed E-state index contributed by atoms with van der Waals surface area (Å²) in [5.41, 5.74) is 2.56. The monoisotopic (exact) mass is 347 g/mol. The Labute approximate surface area is 147 Å². The second-order valence-electron chi connectivity index (χ2n) is 6.85. The van der Waals surface area contributed by atoms with E-state index in [1.807, 2.05) is 50.4 Å². The van der Waals surface area contributed by atoms with E-state index in [0.717, 1.165) is 22.0 Å². The van der Waals surface area contributed by atoms with Crippen LogP contribution in [0.15, 0.2) is 29.6 Å². The van der Waals surface area contributed by atoms with Gasteiger partial charge in [0.1, 0.15) is 0 Å². The maximum atomic E-state index is 12.0. The zero-order chi connectivity index (χ0) is 17.7. The smallest absolute Gasteiger partial charge is 0.319 e. The normalized spacial score (nSPS) is 12.7. The molecule has 0 bridgehead atoms. The van der Waals surface area contributed by atoms with Crippen LogP contribution < -0.4 is 10.6 Å². The molecular formula is C18H25N3O2S. The Kier molecular flexibility index (Phi) is 5.96. The van der Waals surface area contributed by atoms with Crippen LogP contribution in [0.2, 0.25) is 0 Å². The van der Waals surface area contributed by atoms with Gasteiger partial charge in [-0.05, 0) is 37.8 Å². The van der Waals surface area contributed by atoms with Crippen molar-refractivity contribution in [1.82, 2.24) is 10.3 Å². The summed E-state index contributed by atoms with van der Waals surface area (Å²) in [5, 5.41) is 18.2. The molecule has 0 aliphatic rings. The van der Waals surface area contributed by atoms with Crippen molar-refractivity contribution in [3.05, 3.63) is 34.7 Å². The van der Waals surface area contributed by atoms with Gasteiger partial charge in [0.05, 0.1) is 16.8 Å². The average molecular weight is 347 g/mol. The molecule has 1 aromatic heterocycles. The van der Waals surface area contributed by atoms with E-state index in [-0.39, 0.29) is 17.6 Å². The van der Waals surface area contributed by atoms with Crippen molar-refractivity contribution in [3.63, 3.8) is 0 Å². The van der Waals surface area contributed by atoms with Gasteiger partial charge >= 0.3 is 6.03 Å². The van der Waals surface area contributed by atoms with Crippen LogP contribution in [-0.4, -0.2) is 28.8 Å². The van der Waals surface area contributed by atoms with Crippen molar-refractivity contribution in [1.29, 1.82) is 0 Å². The van der Waals surface area contributed by atoms with E-state index in [1.165, 1.54) is 0 Å². The molecule has 2 amide bonds. The molecule has 0 spiro atoms. The molecule has 2 rings (SSSR count). The van der Waals surface area contributed by atoms with E-state index >= 15 is 0 Å². The summed E-state index contributed by atoms with van der Waals surface area (Å²) in [4.78, 5) is 16.5. The standard InChI is InChI=1S/C18H25N3O2S/c1-12(22)9-18(3,4)11-19-17(23)21-15-7-5-14(6-8-15)16-10-24-13(2)20-16/h5-8,10,12,22H,9,11H2,1-4H3,(H2,19,21,23). The highest BCUT2D eigenvalue weighted by molar-refractivity contribution is 7.09. The summed E-state index contributed by atoms with van der Waals surface area (Å²) in [6.45, 7) is 8.27. The van der Waals surface area contributed by atoms with Gasteiger partial charge in [-0.15, -0.1) is 11.3 Å². The number of aliphatic hydroxyl groups is 1. The minimum Gasteiger partial charge on any atom is -0.393 e. The predicted molar refractivity (Wildman–Crippen MR) is 99.4 cm³/mol. The molecule has 130 valence electrons. The number of hydrogen-bond donors (Lipinski definition) is 3. The molecule has 0 saturated carbocycles. The molecule has 1 atom stereocenters. The molecule has 0 saturated heterocycles. The molecule has 2 aromatic rings. The number of carbonyl (C=O) groups is 1. The number of hydrogen-bond acceptors (Lipinski definition) is 4. The van der Waals surface area contributed by atoms with Crippen LogP contribution in [0.3, 0.4) is 0 Å². The number of thiazole rings is 1. The van der Waals surface area contributed by atoms with Gasteiger partial charge in [-0.1, -0.05) is 26.0 Å². The lowest BCUT2D eigenvalue weighted by Gasteiger charge is -2.26. The van der Waals surface area contributed by atoms with Gasteiger partial charge in [0, 0.05) is 23.2 Å². The quantitative estimate of drug-likeness (QED) is 0.738. The van der Waals surface area contributed by atoms with Gasteiger partial charge in [-0.2, -0.15) is 0 Å². The van der Waals surface area contributed by atoms with E-state index in [4.69, 9.17) is 0 Å². The average Bonchev–Trinajstić information content (AvgIpc) is 2.91. The minimum absolute atomic E-state index is 0.155. The number of aryl methyl sites for hydroxylation is 1. The first-order chi connectivity index (χ1) is 11.2. The van der Waals surface area contributed by atoms with Crippen LogP contribution in [0.25, 0.3) is 11.3 Å². The fraction of sp³-hybridized carbons (Fsp3) is 0.444. The largest absolute Gasteiger partial charge is 0.393 e. The summed E-state index contributed by atoms with van der Waals surface area (Å²) in [6.07, 6.45) is 0.251. The third kappa shape index (κ3) is 5.62. The number of benzene rings is 1. The Balaban J connectivity index is 1.88. The Hall–Kier alpha value is -1.92. The van der Waals surface area contributed by atoms with Gasteiger partial charge < -0.3 is 15.7 Å². The van der Waals surface area contributed by atoms with E-state index in [9.17, 15) is 9.90 Å². The van der Waals surface area contributed by atoms with Crippen molar-refractivity contribution in [2.24, 2.45) is 5.41 Å². The number of amides is 2. The number of carbonyl (C=O) groups excluding carboxylic acids is 1. The Morgan fingerprint density at radius 2 is 2.00 bits per heavy atom. The van der Waals surface area contributed by atoms with Crippen LogP contribution in [0.4, 0.5) is 10.5 Å². The number of rotatable bonds is 6. The number of anilines is 1. The van der Waals surface area contributed by atoms with Crippen LogP contribution in [0, 0.1) is 12.3 Å². The minimum atomic E-state index is -0.383. The van der Waals surface area contributed by atoms with Crippen molar-refractivity contribution in [2.75, 3.05) is 11.9 Å². The fourth-order valence-corrected chi connectivity index (χ4v) is 3.21. The molecule has 0 fully saturated rings. The maximum Gasteiger partial charge on any atom is 0.319 e. The number of aromatic nitrogens is 1. The Morgan fingerprint density at radius 1 is 1.33 bits per heavy atom. The van der Waals surface area contributed by atoms with Crippen LogP contribution >= 0.6 is 11.3 Å². The second kappa shape index (κ2) is 7.77. The zero-order valence-corrected chi connectivity index (χ0v) is 15.4. The molecular weight excluding hydrogens is 322 g/mol. The molecule has 1 aromatic carbocycles. The molecule has 3 N–H and O–H groups in total. The highest BCUT2D eigenvalue weighted by atomic mass is 32.1. The first kappa shape index (κ1) is 18.4. The van der Waals surface area contributed by atoms with Gasteiger partial charge in [0.2, 0.25) is 0 Å². The zero-order valence-electron chi connectivity index (χ0n) is 14.6. The predicted octanol–water partition coefficient (Wildman–Crippen LogP) is 4.04. The molecule has 6 heteroatoms. The summed E-state index contributed by atoms with van der Waals surface area (Å²) >= 11 is 1.62. The SMILES string of the molecule is Cc1nc(-c2ccc(NC(=O)NCC(C)(C)CC(C)O)cc2)cs1. The summed E-state index contributed by atoms with van der Waals surface area (Å²) < 4.78 is 0. The molecule has 0 aliphatic carbocycles. The van der Waals surface area contributed by atoms with Crippen LogP contribution in [0.1, 0.15) is 32.2 Å².